The molecule has 3 nitrogen and oxygen atoms in total. The van der Waals surface area contributed by atoms with E-state index in [4.69, 9.17) is 15.0 Å². The van der Waals surface area contributed by atoms with Crippen molar-refractivity contribution in [2.24, 2.45) is 0 Å². The SMILES string of the molecule is c1ccc(-c2cccc(-c3nc(-c4ccc(-c5ccc6ccc7ccccc7c6c5)cc4)nc(-c4cccc(-c5ccccc5)c4)n3)c2)cc1. The maximum Gasteiger partial charge on any atom is 0.164 e. The van der Waals surface area contributed by atoms with Crippen LogP contribution in [0.1, 0.15) is 0 Å². The number of nitrogens with zero attached hydrogens (tertiary/aromatic N) is 3. The van der Waals surface area contributed by atoms with Crippen LogP contribution >= 0.6 is 0 Å². The fraction of sp³-hybridized carbons (Fsp3) is 0. The normalized spacial score (nSPS) is 11.2. The first kappa shape index (κ1) is 29.4. The van der Waals surface area contributed by atoms with E-state index >= 15 is 0 Å². The van der Waals surface area contributed by atoms with Crippen molar-refractivity contribution in [2.45, 2.75) is 0 Å². The topological polar surface area (TPSA) is 38.7 Å². The first-order valence-electron chi connectivity index (χ1n) is 16.9. The molecule has 0 fully saturated rings. The smallest absolute Gasteiger partial charge is 0.164 e. The maximum atomic E-state index is 5.07. The molecule has 0 radical (unpaired) electrons. The minimum atomic E-state index is 0.635. The predicted molar refractivity (Wildman–Crippen MR) is 207 cm³/mol. The van der Waals surface area contributed by atoms with Crippen molar-refractivity contribution in [2.75, 3.05) is 0 Å². The maximum absolute atomic E-state index is 5.07. The van der Waals surface area contributed by atoms with Crippen LogP contribution in [0, 0.1) is 0 Å². The van der Waals surface area contributed by atoms with E-state index < -0.39 is 0 Å². The fourth-order valence-electron chi connectivity index (χ4n) is 6.69. The lowest BCUT2D eigenvalue weighted by molar-refractivity contribution is 1.07. The van der Waals surface area contributed by atoms with Crippen LogP contribution in [-0.4, -0.2) is 15.0 Å². The van der Waals surface area contributed by atoms with Gasteiger partial charge < -0.3 is 0 Å². The van der Waals surface area contributed by atoms with Gasteiger partial charge in [-0.2, -0.15) is 0 Å². The van der Waals surface area contributed by atoms with Gasteiger partial charge in [0.15, 0.2) is 17.5 Å². The van der Waals surface area contributed by atoms with Crippen LogP contribution < -0.4 is 0 Å². The Bertz CT molecular complexity index is 2530. The summed E-state index contributed by atoms with van der Waals surface area (Å²) in [5, 5.41) is 5.01. The number of hydrogen-bond donors (Lipinski definition) is 0. The van der Waals surface area contributed by atoms with Crippen LogP contribution in [0.3, 0.4) is 0 Å². The highest BCUT2D eigenvalue weighted by Crippen LogP contribution is 2.33. The molecule has 0 atom stereocenters. The Balaban J connectivity index is 1.14. The number of fused-ring (bicyclic) bond motifs is 3. The van der Waals surface area contributed by atoms with E-state index in [9.17, 15) is 0 Å². The summed E-state index contributed by atoms with van der Waals surface area (Å²) in [6.07, 6.45) is 0. The minimum Gasteiger partial charge on any atom is -0.208 e. The Morgan fingerprint density at radius 2 is 0.600 bits per heavy atom. The van der Waals surface area contributed by atoms with E-state index in [0.29, 0.717) is 17.5 Å². The van der Waals surface area contributed by atoms with Crippen molar-refractivity contribution in [3.8, 4) is 67.5 Å². The van der Waals surface area contributed by atoms with Crippen molar-refractivity contribution in [1.82, 2.24) is 15.0 Å². The van der Waals surface area contributed by atoms with Gasteiger partial charge in [0.2, 0.25) is 0 Å². The van der Waals surface area contributed by atoms with Crippen LogP contribution in [0.5, 0.6) is 0 Å². The first-order valence-corrected chi connectivity index (χ1v) is 16.9. The van der Waals surface area contributed by atoms with Gasteiger partial charge in [0.25, 0.3) is 0 Å². The molecule has 9 aromatic rings. The van der Waals surface area contributed by atoms with Crippen molar-refractivity contribution < 1.29 is 0 Å². The van der Waals surface area contributed by atoms with Crippen LogP contribution in [0.2, 0.25) is 0 Å². The highest BCUT2D eigenvalue weighted by molar-refractivity contribution is 6.08. The second kappa shape index (κ2) is 12.7. The third kappa shape index (κ3) is 5.72. The summed E-state index contributed by atoms with van der Waals surface area (Å²) in [5.74, 6) is 1.91. The molecule has 50 heavy (non-hydrogen) atoms. The molecule has 0 unspecified atom stereocenters. The van der Waals surface area contributed by atoms with E-state index in [2.05, 4.69) is 176 Å². The van der Waals surface area contributed by atoms with E-state index in [1.54, 1.807) is 0 Å². The second-order valence-electron chi connectivity index (χ2n) is 12.5. The van der Waals surface area contributed by atoms with E-state index in [0.717, 1.165) is 44.5 Å². The van der Waals surface area contributed by atoms with Gasteiger partial charge in [-0.1, -0.05) is 170 Å². The standard InChI is InChI=1S/C47H31N3/c1-3-11-32(12-4-1)38-16-9-18-41(29-38)46-48-45(49-47(50-46)42-19-10-17-39(30-42)33-13-5-2-6-14-33)37-26-21-34(22-27-37)40-28-25-36-24-23-35-15-7-8-20-43(35)44(36)31-40/h1-31H. The molecule has 0 aliphatic carbocycles. The average Bonchev–Trinajstić information content (AvgIpc) is 3.21. The van der Waals surface area contributed by atoms with Gasteiger partial charge in [0, 0.05) is 16.7 Å². The minimum absolute atomic E-state index is 0.635. The van der Waals surface area contributed by atoms with E-state index in [1.165, 1.54) is 27.1 Å². The third-order valence-corrected chi connectivity index (χ3v) is 9.31. The molecule has 0 N–H and O–H groups in total. The molecule has 9 rings (SSSR count). The molecule has 0 saturated heterocycles. The zero-order chi connectivity index (χ0) is 33.3. The van der Waals surface area contributed by atoms with Gasteiger partial charge in [-0.05, 0) is 73.1 Å². The first-order chi connectivity index (χ1) is 24.7. The van der Waals surface area contributed by atoms with E-state index in [-0.39, 0.29) is 0 Å². The van der Waals surface area contributed by atoms with E-state index in [1.807, 2.05) is 12.1 Å². The van der Waals surface area contributed by atoms with Gasteiger partial charge in [0.05, 0.1) is 0 Å². The van der Waals surface area contributed by atoms with Crippen LogP contribution in [0.25, 0.3) is 89.1 Å². The molecule has 0 aliphatic rings. The lowest BCUT2D eigenvalue weighted by Crippen LogP contribution is -2.00. The molecular weight excluding hydrogens is 607 g/mol. The molecule has 0 aliphatic heterocycles. The molecule has 234 valence electrons. The Morgan fingerprint density at radius 1 is 0.220 bits per heavy atom. The molecule has 0 saturated carbocycles. The van der Waals surface area contributed by atoms with Crippen molar-refractivity contribution in [1.29, 1.82) is 0 Å². The molecular formula is C47H31N3. The van der Waals surface area contributed by atoms with Gasteiger partial charge >= 0.3 is 0 Å². The molecule has 8 aromatic carbocycles. The van der Waals surface area contributed by atoms with Gasteiger partial charge in [0.1, 0.15) is 0 Å². The summed E-state index contributed by atoms with van der Waals surface area (Å²) >= 11 is 0. The zero-order valence-corrected chi connectivity index (χ0v) is 27.2. The Morgan fingerprint density at radius 3 is 1.20 bits per heavy atom. The average molecular weight is 638 g/mol. The molecule has 0 spiro atoms. The zero-order valence-electron chi connectivity index (χ0n) is 27.2. The summed E-state index contributed by atoms with van der Waals surface area (Å²) < 4.78 is 0. The lowest BCUT2D eigenvalue weighted by Gasteiger charge is -2.11. The van der Waals surface area contributed by atoms with Crippen molar-refractivity contribution >= 4 is 21.5 Å². The molecule has 1 aromatic heterocycles. The van der Waals surface area contributed by atoms with Crippen LogP contribution in [-0.2, 0) is 0 Å². The molecule has 0 bridgehead atoms. The Labute approximate surface area is 291 Å². The highest BCUT2D eigenvalue weighted by atomic mass is 15.0. The summed E-state index contributed by atoms with van der Waals surface area (Å²) in [6, 6.07) is 65.9. The van der Waals surface area contributed by atoms with Crippen LogP contribution in [0.4, 0.5) is 0 Å². The fourth-order valence-corrected chi connectivity index (χ4v) is 6.69. The monoisotopic (exact) mass is 637 g/mol. The van der Waals surface area contributed by atoms with Crippen molar-refractivity contribution in [3.63, 3.8) is 0 Å². The van der Waals surface area contributed by atoms with Gasteiger partial charge in [-0.15, -0.1) is 0 Å². The van der Waals surface area contributed by atoms with Crippen LogP contribution in [0.15, 0.2) is 188 Å². The summed E-state index contributed by atoms with van der Waals surface area (Å²) in [5.41, 5.74) is 9.66. The van der Waals surface area contributed by atoms with Gasteiger partial charge in [-0.3, -0.25) is 0 Å². The quantitative estimate of drug-likeness (QED) is 0.170. The largest absolute Gasteiger partial charge is 0.208 e. The number of benzene rings is 8. The Hall–Kier alpha value is -6.71. The number of aromatic nitrogens is 3. The summed E-state index contributed by atoms with van der Waals surface area (Å²) in [7, 11) is 0. The number of rotatable bonds is 6. The number of hydrogen-bond acceptors (Lipinski definition) is 3. The Kier molecular flexibility index (Phi) is 7.49. The molecule has 3 heteroatoms. The predicted octanol–water partition coefficient (Wildman–Crippen LogP) is 12.2. The molecule has 0 amide bonds. The van der Waals surface area contributed by atoms with Crippen molar-refractivity contribution in [3.05, 3.63) is 188 Å². The van der Waals surface area contributed by atoms with Gasteiger partial charge in [-0.25, -0.2) is 15.0 Å². The summed E-state index contributed by atoms with van der Waals surface area (Å²) in [6.45, 7) is 0. The summed E-state index contributed by atoms with van der Waals surface area (Å²) in [4.78, 5) is 15.2. The highest BCUT2D eigenvalue weighted by Gasteiger charge is 2.14. The second-order valence-corrected chi connectivity index (χ2v) is 12.5. The molecule has 1 heterocycles. The lowest BCUT2D eigenvalue weighted by atomic mass is 9.97. The third-order valence-electron chi connectivity index (χ3n) is 9.31.